The van der Waals surface area contributed by atoms with Gasteiger partial charge in [-0.15, -0.1) is 0 Å². The quantitative estimate of drug-likeness (QED) is 0.135. The summed E-state index contributed by atoms with van der Waals surface area (Å²) in [5.74, 6) is 0. The lowest BCUT2D eigenvalue weighted by atomic mass is 9.86. The van der Waals surface area contributed by atoms with Crippen LogP contribution in [0.3, 0.4) is 0 Å². The fourth-order valence-electron chi connectivity index (χ4n) is 9.07. The van der Waals surface area contributed by atoms with E-state index in [1.165, 1.54) is 92.1 Å². The Hall–Kier alpha value is -6.70. The fourth-order valence-corrected chi connectivity index (χ4v) is 9.07. The van der Waals surface area contributed by atoms with E-state index in [2.05, 4.69) is 170 Å². The first-order chi connectivity index (χ1) is 25.3. The minimum absolute atomic E-state index is 0.908. The number of hydrogen-bond donors (Lipinski definition) is 0. The fraction of sp³-hybridized carbons (Fsp3) is 0. The van der Waals surface area contributed by atoms with Gasteiger partial charge in [-0.05, 0) is 111 Å². The lowest BCUT2D eigenvalue weighted by molar-refractivity contribution is 0.670. The molecule has 1 aromatic heterocycles. The molecule has 0 unspecified atom stereocenters. The summed E-state index contributed by atoms with van der Waals surface area (Å²) in [6.45, 7) is 0. The molecule has 1 heteroatoms. The van der Waals surface area contributed by atoms with Gasteiger partial charge < -0.3 is 4.42 Å². The van der Waals surface area contributed by atoms with Gasteiger partial charge in [0.2, 0.25) is 0 Å². The molecule has 0 aliphatic carbocycles. The van der Waals surface area contributed by atoms with Crippen molar-refractivity contribution >= 4 is 97.3 Å². The Morgan fingerprint density at radius 1 is 0.275 bits per heavy atom. The molecule has 0 atom stereocenters. The zero-order valence-corrected chi connectivity index (χ0v) is 27.6. The van der Waals surface area contributed by atoms with Crippen LogP contribution in [0.25, 0.3) is 120 Å². The van der Waals surface area contributed by atoms with E-state index in [1.807, 2.05) is 0 Å². The Morgan fingerprint density at radius 2 is 0.843 bits per heavy atom. The first-order valence-corrected chi connectivity index (χ1v) is 17.7. The van der Waals surface area contributed by atoms with Gasteiger partial charge in [-0.25, -0.2) is 0 Å². The molecular formula is C50H28O. The average Bonchev–Trinajstić information content (AvgIpc) is 3.56. The average molecular weight is 645 g/mol. The maximum absolute atomic E-state index is 7.12. The van der Waals surface area contributed by atoms with Crippen LogP contribution < -0.4 is 0 Å². The van der Waals surface area contributed by atoms with Crippen molar-refractivity contribution < 1.29 is 4.42 Å². The second-order valence-electron chi connectivity index (χ2n) is 14.0. The van der Waals surface area contributed by atoms with Crippen molar-refractivity contribution in [3.8, 4) is 22.3 Å². The van der Waals surface area contributed by atoms with E-state index < -0.39 is 0 Å². The molecule has 0 fully saturated rings. The Bertz CT molecular complexity index is 3400. The van der Waals surface area contributed by atoms with E-state index >= 15 is 0 Å². The van der Waals surface area contributed by atoms with Crippen molar-refractivity contribution in [1.29, 1.82) is 0 Å². The first kappa shape index (κ1) is 27.2. The molecule has 234 valence electrons. The molecule has 0 radical (unpaired) electrons. The third-order valence-corrected chi connectivity index (χ3v) is 11.3. The monoisotopic (exact) mass is 644 g/mol. The SMILES string of the molecule is c1ccc2cc3c(cc2c1)oc1c(-c2c4ccccc4cc4c2ccc2ccccc24)ccc(-c2ccc4ccc5cccc6ccc2c4c56)c13. The smallest absolute Gasteiger partial charge is 0.143 e. The second kappa shape index (κ2) is 9.94. The van der Waals surface area contributed by atoms with Crippen LogP contribution in [0.4, 0.5) is 0 Å². The minimum Gasteiger partial charge on any atom is -0.455 e. The van der Waals surface area contributed by atoms with Crippen LogP contribution in [0.2, 0.25) is 0 Å². The molecule has 12 rings (SSSR count). The van der Waals surface area contributed by atoms with Crippen molar-refractivity contribution in [3.63, 3.8) is 0 Å². The highest BCUT2D eigenvalue weighted by atomic mass is 16.3. The molecule has 11 aromatic carbocycles. The normalized spacial score (nSPS) is 12.3. The van der Waals surface area contributed by atoms with Crippen LogP contribution in [-0.2, 0) is 0 Å². The van der Waals surface area contributed by atoms with Gasteiger partial charge in [0.15, 0.2) is 0 Å². The summed E-state index contributed by atoms with van der Waals surface area (Å²) in [5.41, 5.74) is 6.57. The highest BCUT2D eigenvalue weighted by Gasteiger charge is 2.23. The van der Waals surface area contributed by atoms with Crippen molar-refractivity contribution in [2.45, 2.75) is 0 Å². The van der Waals surface area contributed by atoms with Gasteiger partial charge in [0.05, 0.1) is 0 Å². The van der Waals surface area contributed by atoms with Crippen LogP contribution in [0, 0.1) is 0 Å². The largest absolute Gasteiger partial charge is 0.455 e. The number of hydrogen-bond acceptors (Lipinski definition) is 1. The number of rotatable bonds is 2. The summed E-state index contributed by atoms with van der Waals surface area (Å²) in [6.07, 6.45) is 0. The van der Waals surface area contributed by atoms with E-state index in [0.29, 0.717) is 0 Å². The third kappa shape index (κ3) is 3.70. The highest BCUT2D eigenvalue weighted by Crippen LogP contribution is 2.49. The summed E-state index contributed by atoms with van der Waals surface area (Å²) in [5, 5.41) is 19.9. The van der Waals surface area contributed by atoms with Crippen molar-refractivity contribution in [2.24, 2.45) is 0 Å². The summed E-state index contributed by atoms with van der Waals surface area (Å²) in [4.78, 5) is 0. The molecule has 1 nitrogen and oxygen atoms in total. The van der Waals surface area contributed by atoms with Gasteiger partial charge >= 0.3 is 0 Å². The van der Waals surface area contributed by atoms with Gasteiger partial charge in [-0.2, -0.15) is 0 Å². The second-order valence-corrected chi connectivity index (χ2v) is 14.0. The van der Waals surface area contributed by atoms with Crippen molar-refractivity contribution in [1.82, 2.24) is 0 Å². The van der Waals surface area contributed by atoms with E-state index in [-0.39, 0.29) is 0 Å². The lowest BCUT2D eigenvalue weighted by Gasteiger charge is -2.17. The van der Waals surface area contributed by atoms with Gasteiger partial charge in [-0.1, -0.05) is 146 Å². The van der Waals surface area contributed by atoms with E-state index in [0.717, 1.165) is 27.5 Å². The summed E-state index contributed by atoms with van der Waals surface area (Å²) in [6, 6.07) is 62.6. The molecule has 0 aliphatic heterocycles. The van der Waals surface area contributed by atoms with Crippen LogP contribution in [0.15, 0.2) is 174 Å². The van der Waals surface area contributed by atoms with Gasteiger partial charge in [0.25, 0.3) is 0 Å². The Labute approximate surface area is 292 Å². The van der Waals surface area contributed by atoms with Crippen LogP contribution in [0.1, 0.15) is 0 Å². The number of benzene rings is 11. The molecule has 0 saturated carbocycles. The molecule has 0 bridgehead atoms. The predicted octanol–water partition coefficient (Wildman–Crippen LogP) is 14.4. The van der Waals surface area contributed by atoms with Gasteiger partial charge in [-0.3, -0.25) is 0 Å². The van der Waals surface area contributed by atoms with E-state index in [4.69, 9.17) is 4.42 Å². The molecular weight excluding hydrogens is 617 g/mol. The topological polar surface area (TPSA) is 13.1 Å². The van der Waals surface area contributed by atoms with E-state index in [9.17, 15) is 0 Å². The minimum atomic E-state index is 0.908. The van der Waals surface area contributed by atoms with Crippen LogP contribution >= 0.6 is 0 Å². The Kier molecular flexibility index (Phi) is 5.29. The Balaban J connectivity index is 1.26. The van der Waals surface area contributed by atoms with Crippen molar-refractivity contribution in [3.05, 3.63) is 170 Å². The number of fused-ring (bicyclic) bond motifs is 8. The molecule has 0 saturated heterocycles. The third-order valence-electron chi connectivity index (χ3n) is 11.3. The molecule has 1 heterocycles. The molecule has 0 amide bonds. The van der Waals surface area contributed by atoms with Gasteiger partial charge in [0.1, 0.15) is 11.2 Å². The van der Waals surface area contributed by atoms with Crippen molar-refractivity contribution in [2.75, 3.05) is 0 Å². The van der Waals surface area contributed by atoms with Crippen LogP contribution in [0.5, 0.6) is 0 Å². The summed E-state index contributed by atoms with van der Waals surface area (Å²) < 4.78 is 7.12. The van der Waals surface area contributed by atoms with Crippen LogP contribution in [-0.4, -0.2) is 0 Å². The maximum atomic E-state index is 7.12. The summed E-state index contributed by atoms with van der Waals surface area (Å²) >= 11 is 0. The molecule has 0 spiro atoms. The molecule has 51 heavy (non-hydrogen) atoms. The molecule has 0 aliphatic rings. The van der Waals surface area contributed by atoms with Gasteiger partial charge in [0, 0.05) is 21.9 Å². The van der Waals surface area contributed by atoms with E-state index in [1.54, 1.807) is 0 Å². The Morgan fingerprint density at radius 3 is 1.69 bits per heavy atom. The lowest BCUT2D eigenvalue weighted by Crippen LogP contribution is -1.90. The molecule has 12 aromatic rings. The molecule has 0 N–H and O–H groups in total. The zero-order valence-electron chi connectivity index (χ0n) is 27.6. The predicted molar refractivity (Wildman–Crippen MR) is 218 cm³/mol. The maximum Gasteiger partial charge on any atom is 0.143 e. The standard InChI is InChI=1S/C50H28O/c1-2-10-34-28-45-44(26-33(34)9-1)49-40(38-21-19-32-17-16-30-12-7-13-31-20-23-39(38)47(32)46(30)31)24-25-42(50(49)51-45)48-37-15-6-4-11-35(37)27-43-36-14-5-3-8-29(36)18-22-41(43)48/h1-28H. The number of furan rings is 1. The zero-order chi connectivity index (χ0) is 33.2. The summed E-state index contributed by atoms with van der Waals surface area (Å²) in [7, 11) is 0. The highest BCUT2D eigenvalue weighted by molar-refractivity contribution is 6.29. The first-order valence-electron chi connectivity index (χ1n) is 17.7.